The third-order valence-electron chi connectivity index (χ3n) is 4.01. The summed E-state index contributed by atoms with van der Waals surface area (Å²) in [6, 6.07) is 17.2. The van der Waals surface area contributed by atoms with Crippen LogP contribution in [0.4, 0.5) is 5.69 Å². The monoisotopic (exact) mass is 395 g/mol. The van der Waals surface area contributed by atoms with E-state index in [1.807, 2.05) is 12.1 Å². The van der Waals surface area contributed by atoms with E-state index in [0.717, 1.165) is 5.56 Å². The number of sulfonamides is 1. The number of hydrogen-bond acceptors (Lipinski definition) is 6. The highest BCUT2D eigenvalue weighted by atomic mass is 32.2. The lowest BCUT2D eigenvalue weighted by Gasteiger charge is -2.13. The summed E-state index contributed by atoms with van der Waals surface area (Å²) in [5.74, 6) is 0.313. The molecule has 0 aliphatic heterocycles. The minimum absolute atomic E-state index is 0.0892. The maximum atomic E-state index is 12.9. The second-order valence-electron chi connectivity index (χ2n) is 5.92. The van der Waals surface area contributed by atoms with Gasteiger partial charge < -0.3 is 4.74 Å². The predicted octanol–water partition coefficient (Wildman–Crippen LogP) is 2.99. The van der Waals surface area contributed by atoms with Crippen LogP contribution < -0.4 is 9.46 Å². The summed E-state index contributed by atoms with van der Waals surface area (Å²) in [7, 11) is -3.81. The van der Waals surface area contributed by atoms with Crippen LogP contribution in [-0.4, -0.2) is 34.8 Å². The van der Waals surface area contributed by atoms with Crippen LogP contribution in [0.15, 0.2) is 71.9 Å². The van der Waals surface area contributed by atoms with Crippen LogP contribution in [0.1, 0.15) is 6.92 Å². The van der Waals surface area contributed by atoms with E-state index in [0.29, 0.717) is 29.4 Å². The molecule has 0 saturated heterocycles. The first-order valence-electron chi connectivity index (χ1n) is 8.59. The second-order valence-corrected chi connectivity index (χ2v) is 7.57. The molecule has 0 radical (unpaired) electrons. The molecule has 2 heterocycles. The van der Waals surface area contributed by atoms with Gasteiger partial charge in [0.25, 0.3) is 10.0 Å². The number of ether oxygens (including phenoxy) is 1. The van der Waals surface area contributed by atoms with Crippen molar-refractivity contribution in [2.75, 3.05) is 11.3 Å². The van der Waals surface area contributed by atoms with Crippen molar-refractivity contribution in [3.8, 4) is 17.0 Å². The third-order valence-corrected chi connectivity index (χ3v) is 5.43. The zero-order chi connectivity index (χ0) is 19.6. The molecule has 8 nitrogen and oxygen atoms in total. The Bertz CT molecular complexity index is 1240. The molecular formula is C19H17N5O3S. The maximum absolute atomic E-state index is 12.9. The molecule has 0 atom stereocenters. The fraction of sp³-hybridized carbons (Fsp3) is 0.105. The summed E-state index contributed by atoms with van der Waals surface area (Å²) in [5.41, 5.74) is 2.49. The van der Waals surface area contributed by atoms with Crippen molar-refractivity contribution in [3.05, 3.63) is 67.0 Å². The molecule has 0 bridgehead atoms. The van der Waals surface area contributed by atoms with Gasteiger partial charge in [-0.05, 0) is 43.3 Å². The standard InChI is InChI=1S/C19H17N5O3S/c1-2-27-17-8-3-4-9-18(17)28(25,26)23-15-7-5-6-14(12-15)16-10-11-19-21-20-13-24(19)22-16/h3-13,23H,2H2,1H3. The Labute approximate surface area is 161 Å². The van der Waals surface area contributed by atoms with E-state index in [9.17, 15) is 8.42 Å². The number of hydrogen-bond donors (Lipinski definition) is 1. The van der Waals surface area contributed by atoms with Gasteiger partial charge in [0.15, 0.2) is 5.65 Å². The fourth-order valence-electron chi connectivity index (χ4n) is 2.78. The molecule has 0 unspecified atom stereocenters. The van der Waals surface area contributed by atoms with Crippen LogP contribution in [0, 0.1) is 0 Å². The highest BCUT2D eigenvalue weighted by Crippen LogP contribution is 2.27. The average Bonchev–Trinajstić information content (AvgIpc) is 3.16. The number of nitrogens with zero attached hydrogens (tertiary/aromatic N) is 4. The van der Waals surface area contributed by atoms with E-state index in [4.69, 9.17) is 4.74 Å². The molecule has 0 saturated carbocycles. The first-order valence-corrected chi connectivity index (χ1v) is 10.1. The van der Waals surface area contributed by atoms with Gasteiger partial charge >= 0.3 is 0 Å². The Morgan fingerprint density at radius 1 is 1.07 bits per heavy atom. The lowest BCUT2D eigenvalue weighted by molar-refractivity contribution is 0.331. The maximum Gasteiger partial charge on any atom is 0.265 e. The Morgan fingerprint density at radius 2 is 1.93 bits per heavy atom. The number of nitrogens with one attached hydrogen (secondary N) is 1. The van der Waals surface area contributed by atoms with Crippen molar-refractivity contribution in [3.63, 3.8) is 0 Å². The molecule has 0 aliphatic carbocycles. The van der Waals surface area contributed by atoms with E-state index in [2.05, 4.69) is 20.0 Å². The number of fused-ring (bicyclic) bond motifs is 1. The molecular weight excluding hydrogens is 378 g/mol. The van der Waals surface area contributed by atoms with Gasteiger partial charge in [-0.1, -0.05) is 24.3 Å². The van der Waals surface area contributed by atoms with Crippen LogP contribution in [0.25, 0.3) is 16.9 Å². The minimum Gasteiger partial charge on any atom is -0.492 e. The van der Waals surface area contributed by atoms with Crippen LogP contribution in [0.3, 0.4) is 0 Å². The van der Waals surface area contributed by atoms with Gasteiger partial charge in [-0.2, -0.15) is 9.61 Å². The van der Waals surface area contributed by atoms with Crippen molar-refractivity contribution in [2.24, 2.45) is 0 Å². The summed E-state index contributed by atoms with van der Waals surface area (Å²) in [6.07, 6.45) is 1.51. The molecule has 0 aliphatic rings. The Morgan fingerprint density at radius 3 is 2.79 bits per heavy atom. The molecule has 0 spiro atoms. The molecule has 0 fully saturated rings. The predicted molar refractivity (Wildman–Crippen MR) is 105 cm³/mol. The van der Waals surface area contributed by atoms with Crippen LogP contribution >= 0.6 is 0 Å². The smallest absolute Gasteiger partial charge is 0.265 e. The van der Waals surface area contributed by atoms with Crippen LogP contribution in [0.5, 0.6) is 5.75 Å². The van der Waals surface area contributed by atoms with Gasteiger partial charge in [0.1, 0.15) is 17.0 Å². The van der Waals surface area contributed by atoms with Gasteiger partial charge in [-0.3, -0.25) is 4.72 Å². The van der Waals surface area contributed by atoms with Crippen LogP contribution in [-0.2, 0) is 10.0 Å². The van der Waals surface area contributed by atoms with E-state index in [1.165, 1.54) is 12.4 Å². The normalized spacial score (nSPS) is 11.5. The number of anilines is 1. The lowest BCUT2D eigenvalue weighted by Crippen LogP contribution is -2.14. The lowest BCUT2D eigenvalue weighted by atomic mass is 10.1. The Hall–Kier alpha value is -3.46. The molecule has 28 heavy (non-hydrogen) atoms. The van der Waals surface area contributed by atoms with Crippen molar-refractivity contribution < 1.29 is 13.2 Å². The van der Waals surface area contributed by atoms with Gasteiger partial charge in [-0.25, -0.2) is 8.42 Å². The number of aromatic nitrogens is 4. The summed E-state index contributed by atoms with van der Waals surface area (Å²) in [5, 5.41) is 12.2. The second kappa shape index (κ2) is 7.28. The summed E-state index contributed by atoms with van der Waals surface area (Å²) in [6.45, 7) is 2.18. The first kappa shape index (κ1) is 17.9. The zero-order valence-corrected chi connectivity index (χ0v) is 15.8. The molecule has 142 valence electrons. The van der Waals surface area contributed by atoms with E-state index in [-0.39, 0.29) is 4.90 Å². The zero-order valence-electron chi connectivity index (χ0n) is 15.0. The van der Waals surface area contributed by atoms with Gasteiger partial charge in [0, 0.05) is 11.3 Å². The minimum atomic E-state index is -3.81. The molecule has 4 rings (SSSR count). The molecule has 2 aromatic carbocycles. The van der Waals surface area contributed by atoms with Crippen LogP contribution in [0.2, 0.25) is 0 Å². The van der Waals surface area contributed by atoms with Crippen molar-refractivity contribution in [2.45, 2.75) is 11.8 Å². The highest BCUT2D eigenvalue weighted by Gasteiger charge is 2.19. The Balaban J connectivity index is 1.66. The van der Waals surface area contributed by atoms with Gasteiger partial charge in [0.05, 0.1) is 12.3 Å². The van der Waals surface area contributed by atoms with Crippen molar-refractivity contribution >= 4 is 21.4 Å². The summed E-state index contributed by atoms with van der Waals surface area (Å²) < 4.78 is 35.3. The van der Waals surface area contributed by atoms with Crippen molar-refractivity contribution in [1.82, 2.24) is 19.8 Å². The van der Waals surface area contributed by atoms with E-state index in [1.54, 1.807) is 53.9 Å². The summed E-state index contributed by atoms with van der Waals surface area (Å²) >= 11 is 0. The molecule has 4 aromatic rings. The molecule has 9 heteroatoms. The van der Waals surface area contributed by atoms with Gasteiger partial charge in [-0.15, -0.1) is 10.2 Å². The topological polar surface area (TPSA) is 98.5 Å². The SMILES string of the molecule is CCOc1ccccc1S(=O)(=O)Nc1cccc(-c2ccc3nncn3n2)c1. The third kappa shape index (κ3) is 3.52. The highest BCUT2D eigenvalue weighted by molar-refractivity contribution is 7.92. The van der Waals surface area contributed by atoms with E-state index < -0.39 is 10.0 Å². The number of para-hydroxylation sites is 1. The number of rotatable bonds is 6. The Kier molecular flexibility index (Phi) is 4.66. The number of benzene rings is 2. The largest absolute Gasteiger partial charge is 0.492 e. The molecule has 1 N–H and O–H groups in total. The van der Waals surface area contributed by atoms with Crippen molar-refractivity contribution in [1.29, 1.82) is 0 Å². The quantitative estimate of drug-likeness (QED) is 0.539. The van der Waals surface area contributed by atoms with E-state index >= 15 is 0 Å². The van der Waals surface area contributed by atoms with Gasteiger partial charge in [0.2, 0.25) is 0 Å². The average molecular weight is 395 g/mol. The molecule has 0 amide bonds. The fourth-order valence-corrected chi connectivity index (χ4v) is 3.98. The first-order chi connectivity index (χ1) is 13.6. The molecule has 2 aromatic heterocycles. The summed E-state index contributed by atoms with van der Waals surface area (Å²) in [4.78, 5) is 0.0892.